The van der Waals surface area contributed by atoms with Gasteiger partial charge in [-0.15, -0.1) is 0 Å². The zero-order chi connectivity index (χ0) is 38.4. The van der Waals surface area contributed by atoms with Crippen LogP contribution in [0.1, 0.15) is 27.8 Å². The van der Waals surface area contributed by atoms with Gasteiger partial charge < -0.3 is 0 Å². The van der Waals surface area contributed by atoms with Gasteiger partial charge in [0.25, 0.3) is 0 Å². The van der Waals surface area contributed by atoms with E-state index in [2.05, 4.69) is 144 Å². The van der Waals surface area contributed by atoms with Crippen LogP contribution in [0.2, 0.25) is 0 Å². The zero-order valence-corrected chi connectivity index (χ0v) is 31.1. The summed E-state index contributed by atoms with van der Waals surface area (Å²) >= 11 is 0. The summed E-state index contributed by atoms with van der Waals surface area (Å²) in [5, 5.41) is 11.8. The molecule has 2 aliphatic carbocycles. The van der Waals surface area contributed by atoms with Crippen molar-refractivity contribution < 1.29 is 0 Å². The SMILES string of the molecule is N#Cc1cccc(-c2ccc(-c3nc(-c4ccccc4)nc(-n4c5ccccc5c5ccc6c(c54)-c4ccccc4C64c5ccccc5-c5ccccc54)n3)cc2)c1. The molecular weight excluding hydrogens is 707 g/mol. The van der Waals surface area contributed by atoms with E-state index in [4.69, 9.17) is 15.0 Å². The first kappa shape index (κ1) is 32.3. The van der Waals surface area contributed by atoms with E-state index in [-0.39, 0.29) is 0 Å². The van der Waals surface area contributed by atoms with Crippen LogP contribution < -0.4 is 0 Å². The Hall–Kier alpha value is -7.94. The van der Waals surface area contributed by atoms with Gasteiger partial charge in [0.1, 0.15) is 0 Å². The standard InChI is InChI=1S/C53H31N5/c54-32-33-13-12-16-37(31-33)34-25-27-36(28-26-34)51-55-50(35-14-2-1-3-15-35)56-52(57-51)58-47-24-11-7-19-40(47)41-29-30-46-48(49(41)58)42-20-6-10-23-45(42)53(46)43-21-8-4-17-38(43)39-18-5-9-22-44(39)53/h1-31H. The molecule has 0 saturated heterocycles. The number of aromatic nitrogens is 4. The van der Waals surface area contributed by atoms with Crippen molar-refractivity contribution in [2.75, 3.05) is 0 Å². The minimum atomic E-state index is -0.484. The highest BCUT2D eigenvalue weighted by Crippen LogP contribution is 2.64. The first-order chi connectivity index (χ1) is 28.7. The number of rotatable bonds is 4. The molecule has 2 heterocycles. The van der Waals surface area contributed by atoms with Crippen LogP contribution >= 0.6 is 0 Å². The summed E-state index contributed by atoms with van der Waals surface area (Å²) < 4.78 is 2.27. The van der Waals surface area contributed by atoms with Gasteiger partial charge in [-0.25, -0.2) is 4.98 Å². The Morgan fingerprint density at radius 1 is 0.431 bits per heavy atom. The molecule has 58 heavy (non-hydrogen) atoms. The molecule has 0 unspecified atom stereocenters. The molecule has 268 valence electrons. The second-order valence-electron chi connectivity index (χ2n) is 15.0. The molecule has 0 saturated carbocycles. The Morgan fingerprint density at radius 2 is 1.00 bits per heavy atom. The number of hydrogen-bond donors (Lipinski definition) is 0. The molecule has 0 amide bonds. The largest absolute Gasteiger partial charge is 0.277 e. The predicted octanol–water partition coefficient (Wildman–Crippen LogP) is 12.2. The van der Waals surface area contributed by atoms with Gasteiger partial charge in [0.2, 0.25) is 5.95 Å². The fourth-order valence-corrected chi connectivity index (χ4v) is 9.73. The first-order valence-electron chi connectivity index (χ1n) is 19.5. The second-order valence-corrected chi connectivity index (χ2v) is 15.0. The van der Waals surface area contributed by atoms with Gasteiger partial charge in [-0.2, -0.15) is 15.2 Å². The summed E-state index contributed by atoms with van der Waals surface area (Å²) in [6.45, 7) is 0. The number of benzene rings is 8. The van der Waals surface area contributed by atoms with Crippen molar-refractivity contribution in [2.45, 2.75) is 5.41 Å². The summed E-state index contributed by atoms with van der Waals surface area (Å²) in [5.74, 6) is 1.73. The third-order valence-corrected chi connectivity index (χ3v) is 12.1. The fraction of sp³-hybridized carbons (Fsp3) is 0.0189. The Balaban J connectivity index is 1.15. The normalized spacial score (nSPS) is 12.9. The van der Waals surface area contributed by atoms with Gasteiger partial charge >= 0.3 is 0 Å². The maximum absolute atomic E-state index is 9.52. The molecule has 8 aromatic carbocycles. The topological polar surface area (TPSA) is 67.4 Å². The van der Waals surface area contributed by atoms with Crippen LogP contribution in [0.15, 0.2) is 188 Å². The van der Waals surface area contributed by atoms with E-state index in [1.807, 2.05) is 54.6 Å². The maximum atomic E-state index is 9.52. The lowest BCUT2D eigenvalue weighted by atomic mass is 9.70. The van der Waals surface area contributed by atoms with Gasteiger partial charge in [-0.3, -0.25) is 4.57 Å². The van der Waals surface area contributed by atoms with Crippen LogP contribution in [0.25, 0.3) is 83.9 Å². The van der Waals surface area contributed by atoms with Gasteiger partial charge in [0.05, 0.1) is 28.1 Å². The van der Waals surface area contributed by atoms with Crippen LogP contribution in [0.3, 0.4) is 0 Å². The molecule has 0 atom stereocenters. The molecule has 0 N–H and O–H groups in total. The molecule has 12 rings (SSSR count). The minimum absolute atomic E-state index is 0.484. The number of para-hydroxylation sites is 1. The smallest absolute Gasteiger partial charge is 0.238 e. The highest BCUT2D eigenvalue weighted by molar-refractivity contribution is 6.16. The number of nitrogens with zero attached hydrogens (tertiary/aromatic N) is 5. The van der Waals surface area contributed by atoms with Gasteiger partial charge in [0.15, 0.2) is 11.6 Å². The van der Waals surface area contributed by atoms with Crippen molar-refractivity contribution in [1.29, 1.82) is 5.26 Å². The molecule has 2 aliphatic rings. The van der Waals surface area contributed by atoms with E-state index in [0.29, 0.717) is 23.2 Å². The van der Waals surface area contributed by atoms with Crippen LogP contribution in [0.5, 0.6) is 0 Å². The molecule has 5 nitrogen and oxygen atoms in total. The molecule has 0 fully saturated rings. The predicted molar refractivity (Wildman–Crippen MR) is 231 cm³/mol. The van der Waals surface area contributed by atoms with Crippen molar-refractivity contribution in [3.05, 3.63) is 216 Å². The van der Waals surface area contributed by atoms with Crippen LogP contribution in [-0.2, 0) is 5.41 Å². The second kappa shape index (κ2) is 12.3. The molecule has 10 aromatic rings. The third-order valence-electron chi connectivity index (χ3n) is 12.1. The van der Waals surface area contributed by atoms with E-state index in [0.717, 1.165) is 44.1 Å². The highest BCUT2D eigenvalue weighted by atomic mass is 15.2. The minimum Gasteiger partial charge on any atom is -0.277 e. The average Bonchev–Trinajstić information content (AvgIpc) is 3.91. The van der Waals surface area contributed by atoms with Crippen LogP contribution in [-0.4, -0.2) is 19.5 Å². The molecule has 0 bridgehead atoms. The third kappa shape index (κ3) is 4.43. The Kier molecular flexibility index (Phi) is 6.84. The molecule has 1 spiro atoms. The van der Waals surface area contributed by atoms with Gasteiger partial charge in [-0.05, 0) is 68.3 Å². The summed E-state index contributed by atoms with van der Waals surface area (Å²) in [4.78, 5) is 15.8. The monoisotopic (exact) mass is 737 g/mol. The average molecular weight is 738 g/mol. The van der Waals surface area contributed by atoms with E-state index in [1.54, 1.807) is 0 Å². The quantitative estimate of drug-likeness (QED) is 0.180. The zero-order valence-electron chi connectivity index (χ0n) is 31.1. The first-order valence-corrected chi connectivity index (χ1v) is 19.5. The van der Waals surface area contributed by atoms with Crippen LogP contribution in [0.4, 0.5) is 0 Å². The molecule has 0 radical (unpaired) electrons. The number of hydrogen-bond acceptors (Lipinski definition) is 4. The highest BCUT2D eigenvalue weighted by Gasteiger charge is 2.52. The molecule has 0 aliphatic heterocycles. The lowest BCUT2D eigenvalue weighted by molar-refractivity contribution is 0.794. The summed E-state index contributed by atoms with van der Waals surface area (Å²) in [6, 6.07) is 68.4. The lowest BCUT2D eigenvalue weighted by Crippen LogP contribution is -2.25. The van der Waals surface area contributed by atoms with E-state index < -0.39 is 5.41 Å². The van der Waals surface area contributed by atoms with Crippen molar-refractivity contribution in [3.63, 3.8) is 0 Å². The van der Waals surface area contributed by atoms with Gasteiger partial charge in [0, 0.05) is 27.5 Å². The Bertz CT molecular complexity index is 3310. The van der Waals surface area contributed by atoms with E-state index in [9.17, 15) is 5.26 Å². The van der Waals surface area contributed by atoms with Gasteiger partial charge in [-0.1, -0.05) is 170 Å². The van der Waals surface area contributed by atoms with Crippen LogP contribution in [0, 0.1) is 11.3 Å². The molecule has 5 heteroatoms. The van der Waals surface area contributed by atoms with Crippen molar-refractivity contribution in [2.24, 2.45) is 0 Å². The van der Waals surface area contributed by atoms with Crippen molar-refractivity contribution >= 4 is 21.8 Å². The maximum Gasteiger partial charge on any atom is 0.238 e. The fourth-order valence-electron chi connectivity index (χ4n) is 9.73. The Labute approximate surface area is 334 Å². The summed E-state index contributed by atoms with van der Waals surface area (Å²) in [6.07, 6.45) is 0. The molecule has 2 aromatic heterocycles. The Morgan fingerprint density at radius 3 is 1.71 bits per heavy atom. The lowest BCUT2D eigenvalue weighted by Gasteiger charge is -2.30. The summed E-state index contributed by atoms with van der Waals surface area (Å²) in [5.41, 5.74) is 16.2. The molecular formula is C53H31N5. The summed E-state index contributed by atoms with van der Waals surface area (Å²) in [7, 11) is 0. The van der Waals surface area contributed by atoms with E-state index in [1.165, 1.54) is 44.5 Å². The van der Waals surface area contributed by atoms with Crippen molar-refractivity contribution in [3.8, 4) is 68.2 Å². The number of fused-ring (bicyclic) bond motifs is 14. The van der Waals surface area contributed by atoms with Crippen molar-refractivity contribution in [1.82, 2.24) is 19.5 Å². The van der Waals surface area contributed by atoms with E-state index >= 15 is 0 Å². The number of nitriles is 1.